The van der Waals surface area contributed by atoms with E-state index < -0.39 is 6.09 Å². The normalized spacial score (nSPS) is 10.0. The number of amides is 1. The van der Waals surface area contributed by atoms with Crippen LogP contribution in [0.1, 0.15) is 0 Å². The van der Waals surface area contributed by atoms with E-state index in [1.54, 1.807) is 30.3 Å². The molecule has 0 saturated heterocycles. The summed E-state index contributed by atoms with van der Waals surface area (Å²) >= 11 is 5.79. The number of hydrogen-bond acceptors (Lipinski definition) is 3. The molecule has 0 heterocycles. The first kappa shape index (κ1) is 15.1. The number of halogens is 2. The SMILES string of the molecule is O=C(Nc1cccc(Cl)c1)OCCOc1cccc(F)c1. The molecule has 2 aromatic rings. The third-order valence-corrected chi connectivity index (χ3v) is 2.69. The number of nitrogens with one attached hydrogen (secondary N) is 1. The van der Waals surface area contributed by atoms with Crippen molar-refractivity contribution in [3.05, 3.63) is 59.4 Å². The zero-order valence-electron chi connectivity index (χ0n) is 11.0. The topological polar surface area (TPSA) is 47.6 Å². The number of rotatable bonds is 5. The van der Waals surface area contributed by atoms with Gasteiger partial charge in [0.1, 0.15) is 24.8 Å². The van der Waals surface area contributed by atoms with Crippen LogP contribution in [-0.4, -0.2) is 19.3 Å². The van der Waals surface area contributed by atoms with Crippen molar-refractivity contribution in [2.45, 2.75) is 0 Å². The summed E-state index contributed by atoms with van der Waals surface area (Å²) < 4.78 is 23.1. The van der Waals surface area contributed by atoms with Crippen LogP contribution < -0.4 is 10.1 Å². The lowest BCUT2D eigenvalue weighted by atomic mass is 10.3. The summed E-state index contributed by atoms with van der Waals surface area (Å²) in [6.07, 6.45) is -0.611. The molecular formula is C15H13ClFNO3. The number of anilines is 1. The lowest BCUT2D eigenvalue weighted by Gasteiger charge is -2.08. The molecule has 2 aromatic carbocycles. The minimum Gasteiger partial charge on any atom is -0.490 e. The maximum absolute atomic E-state index is 12.9. The highest BCUT2D eigenvalue weighted by Crippen LogP contribution is 2.15. The van der Waals surface area contributed by atoms with Gasteiger partial charge in [-0.3, -0.25) is 5.32 Å². The van der Waals surface area contributed by atoms with Crippen molar-refractivity contribution in [1.29, 1.82) is 0 Å². The zero-order valence-corrected chi connectivity index (χ0v) is 11.8. The Morgan fingerprint density at radius 1 is 1.14 bits per heavy atom. The second-order valence-electron chi connectivity index (χ2n) is 4.08. The summed E-state index contributed by atoms with van der Waals surface area (Å²) in [5, 5.41) is 3.05. The van der Waals surface area contributed by atoms with Crippen molar-refractivity contribution < 1.29 is 18.7 Å². The Bertz CT molecular complexity index is 621. The second kappa shape index (κ2) is 7.50. The van der Waals surface area contributed by atoms with Crippen molar-refractivity contribution in [1.82, 2.24) is 0 Å². The molecule has 0 aliphatic heterocycles. The quantitative estimate of drug-likeness (QED) is 0.846. The van der Waals surface area contributed by atoms with Gasteiger partial charge in [-0.2, -0.15) is 0 Å². The molecule has 0 aromatic heterocycles. The predicted octanol–water partition coefficient (Wildman–Crippen LogP) is 4.11. The van der Waals surface area contributed by atoms with Gasteiger partial charge in [-0.1, -0.05) is 23.7 Å². The fourth-order valence-corrected chi connectivity index (χ4v) is 1.76. The highest BCUT2D eigenvalue weighted by molar-refractivity contribution is 6.30. The van der Waals surface area contributed by atoms with E-state index in [0.717, 1.165) is 0 Å². The van der Waals surface area contributed by atoms with Gasteiger partial charge < -0.3 is 9.47 Å². The van der Waals surface area contributed by atoms with Crippen molar-refractivity contribution in [2.24, 2.45) is 0 Å². The molecule has 0 fully saturated rings. The number of carbonyl (C=O) groups excluding carboxylic acids is 1. The third-order valence-electron chi connectivity index (χ3n) is 2.45. The first-order chi connectivity index (χ1) is 10.1. The van der Waals surface area contributed by atoms with Gasteiger partial charge >= 0.3 is 6.09 Å². The smallest absolute Gasteiger partial charge is 0.411 e. The molecular weight excluding hydrogens is 297 g/mol. The highest BCUT2D eigenvalue weighted by atomic mass is 35.5. The maximum Gasteiger partial charge on any atom is 0.411 e. The van der Waals surface area contributed by atoms with Gasteiger partial charge in [-0.05, 0) is 30.3 Å². The van der Waals surface area contributed by atoms with Crippen molar-refractivity contribution in [3.63, 3.8) is 0 Å². The summed E-state index contributed by atoms with van der Waals surface area (Å²) in [6.45, 7) is 0.176. The van der Waals surface area contributed by atoms with Crippen LogP contribution in [0.3, 0.4) is 0 Å². The van der Waals surface area contributed by atoms with Gasteiger partial charge in [-0.25, -0.2) is 9.18 Å². The molecule has 2 rings (SSSR count). The van der Waals surface area contributed by atoms with E-state index in [0.29, 0.717) is 16.5 Å². The molecule has 0 spiro atoms. The molecule has 110 valence electrons. The Morgan fingerprint density at radius 3 is 2.71 bits per heavy atom. The van der Waals surface area contributed by atoms with Crippen molar-refractivity contribution in [2.75, 3.05) is 18.5 Å². The molecule has 0 radical (unpaired) electrons. The molecule has 1 N–H and O–H groups in total. The van der Waals surface area contributed by atoms with Crippen LogP contribution in [-0.2, 0) is 4.74 Å². The van der Waals surface area contributed by atoms with Gasteiger partial charge in [-0.15, -0.1) is 0 Å². The second-order valence-corrected chi connectivity index (χ2v) is 4.51. The van der Waals surface area contributed by atoms with Gasteiger partial charge in [0, 0.05) is 16.8 Å². The standard InChI is InChI=1S/C15H13ClFNO3/c16-11-3-1-5-13(9-11)18-15(19)21-8-7-20-14-6-2-4-12(17)10-14/h1-6,9-10H,7-8H2,(H,18,19). The first-order valence-corrected chi connectivity index (χ1v) is 6.59. The monoisotopic (exact) mass is 309 g/mol. The van der Waals surface area contributed by atoms with Crippen molar-refractivity contribution in [3.8, 4) is 5.75 Å². The van der Waals surface area contributed by atoms with E-state index in [1.165, 1.54) is 18.2 Å². The van der Waals surface area contributed by atoms with Crippen LogP contribution in [0.2, 0.25) is 5.02 Å². The van der Waals surface area contributed by atoms with Crippen LogP contribution in [0.15, 0.2) is 48.5 Å². The van der Waals surface area contributed by atoms with Gasteiger partial charge in [0.25, 0.3) is 0 Å². The van der Waals surface area contributed by atoms with Crippen LogP contribution in [0, 0.1) is 5.82 Å². The number of carbonyl (C=O) groups is 1. The number of benzene rings is 2. The van der Waals surface area contributed by atoms with Gasteiger partial charge in [0.15, 0.2) is 0 Å². The summed E-state index contributed by atoms with van der Waals surface area (Å²) in [5.41, 5.74) is 0.540. The summed E-state index contributed by atoms with van der Waals surface area (Å²) in [6, 6.07) is 12.4. The molecule has 0 bridgehead atoms. The number of hydrogen-bond donors (Lipinski definition) is 1. The minimum absolute atomic E-state index is 0.0446. The lowest BCUT2D eigenvalue weighted by Crippen LogP contribution is -2.17. The molecule has 1 amide bonds. The zero-order chi connectivity index (χ0) is 15.1. The summed E-state index contributed by atoms with van der Waals surface area (Å²) in [7, 11) is 0. The molecule has 0 aliphatic rings. The van der Waals surface area contributed by atoms with Crippen molar-refractivity contribution >= 4 is 23.4 Å². The van der Waals surface area contributed by atoms with Gasteiger partial charge in [0.2, 0.25) is 0 Å². The van der Waals surface area contributed by atoms with E-state index in [9.17, 15) is 9.18 Å². The Balaban J connectivity index is 1.70. The summed E-state index contributed by atoms with van der Waals surface area (Å²) in [5.74, 6) is 0.000895. The fourth-order valence-electron chi connectivity index (χ4n) is 1.57. The molecule has 0 atom stereocenters. The molecule has 0 saturated carbocycles. The largest absolute Gasteiger partial charge is 0.490 e. The van der Waals surface area contributed by atoms with Crippen LogP contribution >= 0.6 is 11.6 Å². The fraction of sp³-hybridized carbons (Fsp3) is 0.133. The first-order valence-electron chi connectivity index (χ1n) is 6.21. The molecule has 21 heavy (non-hydrogen) atoms. The Kier molecular flexibility index (Phi) is 5.40. The molecule has 6 heteroatoms. The van der Waals surface area contributed by atoms with E-state index >= 15 is 0 Å². The molecule has 0 unspecified atom stereocenters. The molecule has 4 nitrogen and oxygen atoms in total. The van der Waals surface area contributed by atoms with Crippen LogP contribution in [0.25, 0.3) is 0 Å². The van der Waals surface area contributed by atoms with E-state index in [1.807, 2.05) is 0 Å². The van der Waals surface area contributed by atoms with E-state index in [-0.39, 0.29) is 19.0 Å². The third kappa shape index (κ3) is 5.31. The number of ether oxygens (including phenoxy) is 2. The predicted molar refractivity (Wildman–Crippen MR) is 78.3 cm³/mol. The summed E-state index contributed by atoms with van der Waals surface area (Å²) in [4.78, 5) is 11.5. The minimum atomic E-state index is -0.611. The maximum atomic E-state index is 12.9. The molecule has 0 aliphatic carbocycles. The Hall–Kier alpha value is -2.27. The van der Waals surface area contributed by atoms with Crippen LogP contribution in [0.5, 0.6) is 5.75 Å². The van der Waals surface area contributed by atoms with Crippen LogP contribution in [0.4, 0.5) is 14.9 Å². The highest BCUT2D eigenvalue weighted by Gasteiger charge is 2.03. The van der Waals surface area contributed by atoms with E-state index in [2.05, 4.69) is 5.32 Å². The van der Waals surface area contributed by atoms with Gasteiger partial charge in [0.05, 0.1) is 0 Å². The van der Waals surface area contributed by atoms with E-state index in [4.69, 9.17) is 21.1 Å². The Morgan fingerprint density at radius 2 is 1.95 bits per heavy atom. The average molecular weight is 310 g/mol. The Labute approximate surface area is 126 Å². The average Bonchev–Trinajstić information content (AvgIpc) is 2.44. The lowest BCUT2D eigenvalue weighted by molar-refractivity contribution is 0.137.